The van der Waals surface area contributed by atoms with Gasteiger partial charge in [0.1, 0.15) is 5.82 Å². The summed E-state index contributed by atoms with van der Waals surface area (Å²) in [5, 5.41) is 9.04. The van der Waals surface area contributed by atoms with Gasteiger partial charge in [0.15, 0.2) is 0 Å². The minimum Gasteiger partial charge on any atom is -0.478 e. The SMILES string of the molecule is CC1CCCCN1S(=O)(=O)Nc1cc(F)ccc1C(=O)O. The molecule has 1 saturated heterocycles. The van der Waals surface area contributed by atoms with Gasteiger partial charge in [-0.1, -0.05) is 6.42 Å². The molecule has 1 unspecified atom stereocenters. The smallest absolute Gasteiger partial charge is 0.337 e. The quantitative estimate of drug-likeness (QED) is 0.890. The summed E-state index contributed by atoms with van der Waals surface area (Å²) < 4.78 is 41.4. The van der Waals surface area contributed by atoms with Gasteiger partial charge in [-0.15, -0.1) is 0 Å². The molecule has 6 nitrogen and oxygen atoms in total. The van der Waals surface area contributed by atoms with Gasteiger partial charge >= 0.3 is 16.2 Å². The molecule has 1 fully saturated rings. The molecule has 1 atom stereocenters. The number of anilines is 1. The maximum absolute atomic E-state index is 13.3. The highest BCUT2D eigenvalue weighted by Crippen LogP contribution is 2.24. The highest BCUT2D eigenvalue weighted by Gasteiger charge is 2.30. The third-order valence-electron chi connectivity index (χ3n) is 3.50. The van der Waals surface area contributed by atoms with Crippen LogP contribution < -0.4 is 4.72 Å². The molecular weight excluding hydrogens is 299 g/mol. The molecule has 2 N–H and O–H groups in total. The van der Waals surface area contributed by atoms with E-state index >= 15 is 0 Å². The lowest BCUT2D eigenvalue weighted by atomic mass is 10.1. The molecule has 0 radical (unpaired) electrons. The number of hydrogen-bond acceptors (Lipinski definition) is 3. The van der Waals surface area contributed by atoms with E-state index in [-0.39, 0.29) is 17.3 Å². The van der Waals surface area contributed by atoms with Crippen LogP contribution in [0.5, 0.6) is 0 Å². The zero-order valence-corrected chi connectivity index (χ0v) is 12.4. The molecule has 0 aliphatic carbocycles. The maximum Gasteiger partial charge on any atom is 0.337 e. The van der Waals surface area contributed by atoms with Crippen LogP contribution in [0.4, 0.5) is 10.1 Å². The normalized spacial score (nSPS) is 20.2. The van der Waals surface area contributed by atoms with E-state index in [0.29, 0.717) is 6.54 Å². The van der Waals surface area contributed by atoms with Gasteiger partial charge in [-0.3, -0.25) is 4.72 Å². The number of aromatic carboxylic acids is 1. The van der Waals surface area contributed by atoms with E-state index < -0.39 is 22.0 Å². The predicted octanol–water partition coefficient (Wildman–Crippen LogP) is 2.05. The molecule has 0 spiro atoms. The van der Waals surface area contributed by atoms with Crippen molar-refractivity contribution in [1.29, 1.82) is 0 Å². The Balaban J connectivity index is 2.32. The average Bonchev–Trinajstić information content (AvgIpc) is 2.38. The van der Waals surface area contributed by atoms with Gasteiger partial charge in [0, 0.05) is 12.6 Å². The Morgan fingerprint density at radius 1 is 1.43 bits per heavy atom. The zero-order valence-electron chi connectivity index (χ0n) is 11.5. The number of carboxylic acids is 1. The van der Waals surface area contributed by atoms with Gasteiger partial charge in [-0.05, 0) is 38.0 Å². The summed E-state index contributed by atoms with van der Waals surface area (Å²) in [5.74, 6) is -2.02. The van der Waals surface area contributed by atoms with Crippen LogP contribution in [-0.2, 0) is 10.2 Å². The Bertz CT molecular complexity index is 648. The summed E-state index contributed by atoms with van der Waals surface area (Å²) in [4.78, 5) is 11.1. The number of piperidine rings is 1. The van der Waals surface area contributed by atoms with Crippen molar-refractivity contribution in [2.24, 2.45) is 0 Å². The molecular formula is C13H17FN2O4S. The van der Waals surface area contributed by atoms with E-state index in [1.54, 1.807) is 6.92 Å². The summed E-state index contributed by atoms with van der Waals surface area (Å²) in [6, 6.07) is 2.72. The molecule has 21 heavy (non-hydrogen) atoms. The van der Waals surface area contributed by atoms with E-state index in [9.17, 15) is 17.6 Å². The Morgan fingerprint density at radius 3 is 2.76 bits per heavy atom. The van der Waals surface area contributed by atoms with Crippen molar-refractivity contribution >= 4 is 21.9 Å². The molecule has 2 rings (SSSR count). The van der Waals surface area contributed by atoms with Crippen molar-refractivity contribution in [3.63, 3.8) is 0 Å². The van der Waals surface area contributed by atoms with E-state index in [1.165, 1.54) is 4.31 Å². The number of carboxylic acid groups (broad SMARTS) is 1. The Labute approximate surface area is 122 Å². The molecule has 1 aromatic carbocycles. The second kappa shape index (κ2) is 5.98. The molecule has 8 heteroatoms. The zero-order chi connectivity index (χ0) is 15.6. The molecule has 0 bridgehead atoms. The molecule has 1 heterocycles. The fourth-order valence-corrected chi connectivity index (χ4v) is 3.93. The fourth-order valence-electron chi connectivity index (χ4n) is 2.41. The molecule has 116 valence electrons. The lowest BCUT2D eigenvalue weighted by Crippen LogP contribution is -2.45. The minimum absolute atomic E-state index is 0.168. The Morgan fingerprint density at radius 2 is 2.14 bits per heavy atom. The van der Waals surface area contributed by atoms with Gasteiger partial charge in [-0.25, -0.2) is 9.18 Å². The van der Waals surface area contributed by atoms with Crippen LogP contribution in [0.3, 0.4) is 0 Å². The second-order valence-corrected chi connectivity index (χ2v) is 6.68. The Kier molecular flexibility index (Phi) is 4.48. The fraction of sp³-hybridized carbons (Fsp3) is 0.462. The van der Waals surface area contributed by atoms with Crippen molar-refractivity contribution in [3.05, 3.63) is 29.6 Å². The number of nitrogens with zero attached hydrogens (tertiary/aromatic N) is 1. The van der Waals surface area contributed by atoms with Gasteiger partial charge in [0.2, 0.25) is 0 Å². The summed E-state index contributed by atoms with van der Waals surface area (Å²) in [7, 11) is -3.91. The topological polar surface area (TPSA) is 86.7 Å². The van der Waals surface area contributed by atoms with Crippen LogP contribution in [0.1, 0.15) is 36.5 Å². The van der Waals surface area contributed by atoms with E-state index in [2.05, 4.69) is 4.72 Å². The summed E-state index contributed by atoms with van der Waals surface area (Å²) in [6.45, 7) is 2.16. The second-order valence-electron chi connectivity index (χ2n) is 5.06. The minimum atomic E-state index is -3.91. The number of halogens is 1. The van der Waals surface area contributed by atoms with Crippen molar-refractivity contribution in [2.45, 2.75) is 32.2 Å². The van der Waals surface area contributed by atoms with Crippen molar-refractivity contribution in [1.82, 2.24) is 4.31 Å². The van der Waals surface area contributed by atoms with Crippen molar-refractivity contribution < 1.29 is 22.7 Å². The van der Waals surface area contributed by atoms with Crippen LogP contribution in [0.2, 0.25) is 0 Å². The van der Waals surface area contributed by atoms with Crippen molar-refractivity contribution in [3.8, 4) is 0 Å². The van der Waals surface area contributed by atoms with Gasteiger partial charge in [-0.2, -0.15) is 12.7 Å². The highest BCUT2D eigenvalue weighted by atomic mass is 32.2. The van der Waals surface area contributed by atoms with Gasteiger partial charge in [0.05, 0.1) is 11.3 Å². The summed E-state index contributed by atoms with van der Waals surface area (Å²) >= 11 is 0. The number of nitrogens with one attached hydrogen (secondary N) is 1. The summed E-state index contributed by atoms with van der Waals surface area (Å²) in [5.41, 5.74) is -0.551. The maximum atomic E-state index is 13.3. The van der Waals surface area contributed by atoms with Crippen LogP contribution in [-0.4, -0.2) is 36.4 Å². The van der Waals surface area contributed by atoms with Crippen LogP contribution in [0.15, 0.2) is 18.2 Å². The van der Waals surface area contributed by atoms with Crippen LogP contribution >= 0.6 is 0 Å². The first-order valence-corrected chi connectivity index (χ1v) is 8.07. The molecule has 1 aliphatic rings. The first-order valence-electron chi connectivity index (χ1n) is 6.63. The van der Waals surface area contributed by atoms with Crippen LogP contribution in [0, 0.1) is 5.82 Å². The van der Waals surface area contributed by atoms with Gasteiger partial charge < -0.3 is 5.11 Å². The monoisotopic (exact) mass is 316 g/mol. The van der Waals surface area contributed by atoms with E-state index in [1.807, 2.05) is 0 Å². The van der Waals surface area contributed by atoms with Crippen molar-refractivity contribution in [2.75, 3.05) is 11.3 Å². The standard InChI is InChI=1S/C13H17FN2O4S/c1-9-4-2-3-7-16(9)21(19,20)15-12-8-10(14)5-6-11(12)13(17)18/h5-6,8-9,15H,2-4,7H2,1H3,(H,17,18). The molecule has 1 aromatic rings. The number of carbonyl (C=O) groups is 1. The molecule has 0 amide bonds. The largest absolute Gasteiger partial charge is 0.478 e. The first kappa shape index (κ1) is 15.7. The van der Waals surface area contributed by atoms with E-state index in [0.717, 1.165) is 37.5 Å². The summed E-state index contributed by atoms with van der Waals surface area (Å²) in [6.07, 6.45) is 2.45. The Hall–Kier alpha value is -1.67. The highest BCUT2D eigenvalue weighted by molar-refractivity contribution is 7.90. The van der Waals surface area contributed by atoms with E-state index in [4.69, 9.17) is 5.11 Å². The number of benzene rings is 1. The lowest BCUT2D eigenvalue weighted by Gasteiger charge is -2.32. The number of hydrogen-bond donors (Lipinski definition) is 2. The van der Waals surface area contributed by atoms with Gasteiger partial charge in [0.25, 0.3) is 0 Å². The molecule has 0 aromatic heterocycles. The average molecular weight is 316 g/mol. The molecule has 1 aliphatic heterocycles. The predicted molar refractivity (Wildman–Crippen MR) is 75.9 cm³/mol. The van der Waals surface area contributed by atoms with Crippen LogP contribution in [0.25, 0.3) is 0 Å². The lowest BCUT2D eigenvalue weighted by molar-refractivity contribution is 0.0698. The first-order chi connectivity index (χ1) is 9.81. The number of rotatable bonds is 4. The third kappa shape index (κ3) is 3.51. The third-order valence-corrected chi connectivity index (χ3v) is 5.14. The molecule has 0 saturated carbocycles.